The maximum absolute atomic E-state index is 14.0. The molecule has 5 aromatic carbocycles. The van der Waals surface area contributed by atoms with Gasteiger partial charge in [0.1, 0.15) is 0 Å². The summed E-state index contributed by atoms with van der Waals surface area (Å²) < 4.78 is 29.3. The van der Waals surface area contributed by atoms with E-state index in [4.69, 9.17) is 0 Å². The van der Waals surface area contributed by atoms with Crippen LogP contribution in [0.4, 0.5) is 5.69 Å². The number of hydrogen-bond acceptors (Lipinski definition) is 3. The molecule has 0 fully saturated rings. The zero-order valence-corrected chi connectivity index (χ0v) is 23.0. The molecule has 0 spiro atoms. The Labute approximate surface area is 235 Å². The molecule has 1 amide bonds. The average Bonchev–Trinajstić information content (AvgIpc) is 3.00. The Balaban J connectivity index is 1.57. The molecule has 5 aromatic rings. The number of nitrogens with one attached hydrogen (secondary N) is 1. The van der Waals surface area contributed by atoms with E-state index in [0.717, 1.165) is 22.3 Å². The number of carbonyl (C=O) groups is 1. The third-order valence-electron chi connectivity index (χ3n) is 6.74. The zero-order chi connectivity index (χ0) is 28.0. The van der Waals surface area contributed by atoms with Crippen molar-refractivity contribution < 1.29 is 13.2 Å². The fourth-order valence-corrected chi connectivity index (χ4v) is 6.12. The van der Waals surface area contributed by atoms with E-state index >= 15 is 0 Å². The van der Waals surface area contributed by atoms with Crippen molar-refractivity contribution >= 4 is 21.6 Å². The first-order valence-corrected chi connectivity index (χ1v) is 14.5. The number of nitrogens with zero attached hydrogens (tertiary/aromatic N) is 1. The summed E-state index contributed by atoms with van der Waals surface area (Å²) in [4.78, 5) is 14.1. The summed E-state index contributed by atoms with van der Waals surface area (Å²) in [5.74, 6) is -0.369. The number of hydrogen-bond donors (Lipinski definition) is 1. The predicted molar refractivity (Wildman–Crippen MR) is 160 cm³/mol. The van der Waals surface area contributed by atoms with Crippen molar-refractivity contribution in [1.29, 1.82) is 0 Å². The molecule has 0 heterocycles. The van der Waals surface area contributed by atoms with Crippen molar-refractivity contribution in [3.8, 4) is 0 Å². The highest BCUT2D eigenvalue weighted by atomic mass is 32.2. The highest BCUT2D eigenvalue weighted by Crippen LogP contribution is 2.30. The number of benzene rings is 5. The van der Waals surface area contributed by atoms with Gasteiger partial charge in [-0.2, -0.15) is 0 Å². The van der Waals surface area contributed by atoms with E-state index < -0.39 is 16.1 Å². The normalized spacial score (nSPS) is 11.9. The smallest absolute Gasteiger partial charge is 0.264 e. The van der Waals surface area contributed by atoms with Crippen LogP contribution in [-0.2, 0) is 16.6 Å². The number of aryl methyl sites for hydroxylation is 1. The van der Waals surface area contributed by atoms with Gasteiger partial charge >= 0.3 is 0 Å². The quantitative estimate of drug-likeness (QED) is 0.218. The van der Waals surface area contributed by atoms with Crippen molar-refractivity contribution in [2.75, 3.05) is 4.31 Å². The van der Waals surface area contributed by atoms with Crippen LogP contribution in [0.1, 0.15) is 38.7 Å². The van der Waals surface area contributed by atoms with E-state index in [1.165, 1.54) is 4.31 Å². The van der Waals surface area contributed by atoms with Crippen LogP contribution in [-0.4, -0.2) is 14.3 Å². The van der Waals surface area contributed by atoms with E-state index in [0.29, 0.717) is 5.69 Å². The van der Waals surface area contributed by atoms with E-state index in [-0.39, 0.29) is 22.9 Å². The lowest BCUT2D eigenvalue weighted by atomic mass is 9.97. The summed E-state index contributed by atoms with van der Waals surface area (Å²) >= 11 is 0. The monoisotopic (exact) mass is 546 g/mol. The second kappa shape index (κ2) is 12.0. The Kier molecular flexibility index (Phi) is 8.08. The van der Waals surface area contributed by atoms with E-state index in [2.05, 4.69) is 5.32 Å². The van der Waals surface area contributed by atoms with Gasteiger partial charge in [-0.15, -0.1) is 0 Å². The molecule has 0 saturated heterocycles. The molecule has 6 heteroatoms. The minimum absolute atomic E-state index is 0.0719. The van der Waals surface area contributed by atoms with Crippen LogP contribution in [0.15, 0.2) is 144 Å². The van der Waals surface area contributed by atoms with Crippen LogP contribution >= 0.6 is 0 Å². The predicted octanol–water partition coefficient (Wildman–Crippen LogP) is 6.91. The molecule has 1 N–H and O–H groups in total. The molecule has 0 aliphatic carbocycles. The molecule has 0 bridgehead atoms. The van der Waals surface area contributed by atoms with Crippen LogP contribution < -0.4 is 9.62 Å². The summed E-state index contributed by atoms with van der Waals surface area (Å²) in [6.07, 6.45) is 0. The van der Waals surface area contributed by atoms with Gasteiger partial charge in [0.15, 0.2) is 0 Å². The first kappa shape index (κ1) is 26.9. The maximum Gasteiger partial charge on any atom is 0.264 e. The summed E-state index contributed by atoms with van der Waals surface area (Å²) in [6, 6.07) is 41.9. The van der Waals surface area contributed by atoms with Crippen LogP contribution in [0, 0.1) is 6.92 Å². The highest BCUT2D eigenvalue weighted by molar-refractivity contribution is 7.92. The Morgan fingerprint density at radius 1 is 0.675 bits per heavy atom. The summed E-state index contributed by atoms with van der Waals surface area (Å²) in [5, 5.41) is 3.18. The zero-order valence-electron chi connectivity index (χ0n) is 22.1. The fourth-order valence-electron chi connectivity index (χ4n) is 4.62. The highest BCUT2D eigenvalue weighted by Gasteiger charge is 2.29. The summed E-state index contributed by atoms with van der Waals surface area (Å²) in [6.45, 7) is 2.09. The van der Waals surface area contributed by atoms with Crippen molar-refractivity contribution in [3.63, 3.8) is 0 Å². The third-order valence-corrected chi connectivity index (χ3v) is 8.51. The lowest BCUT2D eigenvalue weighted by Gasteiger charge is -2.27. The third kappa shape index (κ3) is 5.98. The number of sulfonamides is 1. The summed E-state index contributed by atoms with van der Waals surface area (Å²) in [5.41, 5.74) is 4.36. The SMILES string of the molecule is Cc1ccc([C@H](NC(=O)c2ccccc2N(Cc2ccccc2)S(=O)(=O)c2ccccc2)c2ccccc2)cc1. The number of para-hydroxylation sites is 1. The minimum atomic E-state index is -3.99. The van der Waals surface area contributed by atoms with Gasteiger partial charge in [-0.05, 0) is 47.9 Å². The summed E-state index contributed by atoms with van der Waals surface area (Å²) in [7, 11) is -3.99. The van der Waals surface area contributed by atoms with Gasteiger partial charge in [-0.1, -0.05) is 121 Å². The van der Waals surface area contributed by atoms with Crippen LogP contribution in [0.3, 0.4) is 0 Å². The topological polar surface area (TPSA) is 66.5 Å². The largest absolute Gasteiger partial charge is 0.341 e. The van der Waals surface area contributed by atoms with Gasteiger partial charge < -0.3 is 5.32 Å². The Morgan fingerprint density at radius 2 is 1.20 bits per heavy atom. The number of amides is 1. The Hall–Kier alpha value is -4.68. The van der Waals surface area contributed by atoms with Crippen molar-refractivity contribution in [2.45, 2.75) is 24.4 Å². The molecule has 5 nitrogen and oxygen atoms in total. The molecule has 0 aliphatic rings. The van der Waals surface area contributed by atoms with Gasteiger partial charge in [-0.3, -0.25) is 9.10 Å². The molecule has 200 valence electrons. The van der Waals surface area contributed by atoms with Gasteiger partial charge in [-0.25, -0.2) is 8.42 Å². The maximum atomic E-state index is 14.0. The van der Waals surface area contributed by atoms with Gasteiger partial charge in [0.25, 0.3) is 15.9 Å². The molecule has 5 rings (SSSR count). The first-order chi connectivity index (χ1) is 19.4. The standard InChI is InChI=1S/C34H30N2O3S/c1-26-21-23-29(24-22-26)33(28-15-7-3-8-16-28)35-34(37)31-19-11-12-20-32(31)36(25-27-13-5-2-6-14-27)40(38,39)30-17-9-4-10-18-30/h2-24,33H,25H2,1H3,(H,35,37)/t33-/m1/s1. The van der Waals surface area contributed by atoms with Crippen LogP contribution in [0.5, 0.6) is 0 Å². The van der Waals surface area contributed by atoms with E-state index in [1.807, 2.05) is 91.9 Å². The van der Waals surface area contributed by atoms with Crippen LogP contribution in [0.2, 0.25) is 0 Å². The van der Waals surface area contributed by atoms with E-state index in [1.54, 1.807) is 54.6 Å². The second-order valence-corrected chi connectivity index (χ2v) is 11.4. The number of rotatable bonds is 9. The van der Waals surface area contributed by atoms with Gasteiger partial charge in [0.2, 0.25) is 0 Å². The Morgan fingerprint density at radius 3 is 1.85 bits per heavy atom. The average molecular weight is 547 g/mol. The molecule has 1 atom stereocenters. The van der Waals surface area contributed by atoms with Crippen molar-refractivity contribution in [3.05, 3.63) is 167 Å². The van der Waals surface area contributed by atoms with Gasteiger partial charge in [0.05, 0.1) is 28.7 Å². The molecule has 40 heavy (non-hydrogen) atoms. The first-order valence-electron chi connectivity index (χ1n) is 13.1. The molecule has 0 saturated carbocycles. The molecular weight excluding hydrogens is 516 g/mol. The fraction of sp³-hybridized carbons (Fsp3) is 0.0882. The molecule has 0 aliphatic heterocycles. The molecule has 0 radical (unpaired) electrons. The van der Waals surface area contributed by atoms with Gasteiger partial charge in [0, 0.05) is 0 Å². The number of carbonyl (C=O) groups excluding carboxylic acids is 1. The second-order valence-electron chi connectivity index (χ2n) is 9.56. The van der Waals surface area contributed by atoms with Crippen LogP contribution in [0.25, 0.3) is 0 Å². The Bertz CT molecular complexity index is 1670. The lowest BCUT2D eigenvalue weighted by molar-refractivity contribution is 0.0943. The lowest BCUT2D eigenvalue weighted by Crippen LogP contribution is -2.34. The van der Waals surface area contributed by atoms with E-state index in [9.17, 15) is 13.2 Å². The van der Waals surface area contributed by atoms with Crippen molar-refractivity contribution in [1.82, 2.24) is 5.32 Å². The molecule has 0 aromatic heterocycles. The number of anilines is 1. The van der Waals surface area contributed by atoms with Crippen molar-refractivity contribution in [2.24, 2.45) is 0 Å². The molecule has 0 unspecified atom stereocenters. The molecular formula is C34H30N2O3S. The minimum Gasteiger partial charge on any atom is -0.341 e.